The zero-order chi connectivity index (χ0) is 18.8. The molecule has 1 N–H and O–H groups in total. The average molecular weight is 359 g/mol. The van der Waals surface area contributed by atoms with Crippen molar-refractivity contribution in [3.05, 3.63) is 77.9 Å². The first-order chi connectivity index (χ1) is 13.2. The van der Waals surface area contributed by atoms with Crippen LogP contribution in [0, 0.1) is 0 Å². The smallest absolute Gasteiger partial charge is 0.225 e. The van der Waals surface area contributed by atoms with Crippen LogP contribution in [-0.2, 0) is 4.79 Å². The van der Waals surface area contributed by atoms with Crippen LogP contribution in [0.5, 0.6) is 11.5 Å². The quantitative estimate of drug-likeness (QED) is 0.725. The van der Waals surface area contributed by atoms with Crippen molar-refractivity contribution in [2.24, 2.45) is 0 Å². The SMILES string of the molecule is COc1cc2c(c(OC)c1)[C@H](c1ccc(-c3ccccc3)cc1)CC(=O)N2. The van der Waals surface area contributed by atoms with Crippen molar-refractivity contribution in [1.82, 2.24) is 0 Å². The maximum atomic E-state index is 12.3. The molecule has 0 saturated carbocycles. The summed E-state index contributed by atoms with van der Waals surface area (Å²) >= 11 is 0. The van der Waals surface area contributed by atoms with E-state index in [-0.39, 0.29) is 11.8 Å². The minimum Gasteiger partial charge on any atom is -0.497 e. The Hall–Kier alpha value is -3.27. The number of ether oxygens (including phenoxy) is 2. The normalized spacial score (nSPS) is 15.6. The lowest BCUT2D eigenvalue weighted by Gasteiger charge is -2.28. The van der Waals surface area contributed by atoms with Crippen LogP contribution in [0.25, 0.3) is 11.1 Å². The molecule has 1 aliphatic rings. The van der Waals surface area contributed by atoms with Gasteiger partial charge in [-0.3, -0.25) is 4.79 Å². The maximum absolute atomic E-state index is 12.3. The van der Waals surface area contributed by atoms with Crippen molar-refractivity contribution in [2.75, 3.05) is 19.5 Å². The lowest BCUT2D eigenvalue weighted by atomic mass is 9.83. The number of nitrogens with one attached hydrogen (secondary N) is 1. The molecule has 0 unspecified atom stereocenters. The van der Waals surface area contributed by atoms with Gasteiger partial charge >= 0.3 is 0 Å². The molecule has 0 radical (unpaired) electrons. The largest absolute Gasteiger partial charge is 0.497 e. The van der Waals surface area contributed by atoms with Gasteiger partial charge in [0.05, 0.1) is 19.9 Å². The molecule has 3 aromatic carbocycles. The number of benzene rings is 3. The second-order valence-corrected chi connectivity index (χ2v) is 6.58. The average Bonchev–Trinajstić information content (AvgIpc) is 2.72. The third-order valence-electron chi connectivity index (χ3n) is 5.00. The van der Waals surface area contributed by atoms with E-state index in [0.717, 1.165) is 28.1 Å². The van der Waals surface area contributed by atoms with Crippen LogP contribution >= 0.6 is 0 Å². The fourth-order valence-electron chi connectivity index (χ4n) is 3.66. The lowest BCUT2D eigenvalue weighted by Crippen LogP contribution is -2.24. The fraction of sp³-hybridized carbons (Fsp3) is 0.174. The van der Waals surface area contributed by atoms with E-state index < -0.39 is 0 Å². The van der Waals surface area contributed by atoms with Crippen molar-refractivity contribution in [3.63, 3.8) is 0 Å². The fourth-order valence-corrected chi connectivity index (χ4v) is 3.66. The first kappa shape index (κ1) is 17.2. The summed E-state index contributed by atoms with van der Waals surface area (Å²) in [5.74, 6) is 1.32. The topological polar surface area (TPSA) is 47.6 Å². The molecule has 1 amide bonds. The van der Waals surface area contributed by atoms with E-state index in [9.17, 15) is 4.79 Å². The number of rotatable bonds is 4. The maximum Gasteiger partial charge on any atom is 0.225 e. The Morgan fingerprint density at radius 2 is 1.59 bits per heavy atom. The van der Waals surface area contributed by atoms with Crippen LogP contribution in [0.3, 0.4) is 0 Å². The zero-order valence-electron chi connectivity index (χ0n) is 15.4. The number of hydrogen-bond donors (Lipinski definition) is 1. The van der Waals surface area contributed by atoms with Gasteiger partial charge in [-0.15, -0.1) is 0 Å². The summed E-state index contributed by atoms with van der Waals surface area (Å²) in [5, 5.41) is 2.95. The Kier molecular flexibility index (Phi) is 4.55. The van der Waals surface area contributed by atoms with Crippen molar-refractivity contribution in [1.29, 1.82) is 0 Å². The van der Waals surface area contributed by atoms with E-state index in [4.69, 9.17) is 9.47 Å². The minimum absolute atomic E-state index is 0.00468. The Balaban J connectivity index is 1.76. The van der Waals surface area contributed by atoms with Crippen molar-refractivity contribution >= 4 is 11.6 Å². The predicted molar refractivity (Wildman–Crippen MR) is 107 cm³/mol. The second kappa shape index (κ2) is 7.16. The van der Waals surface area contributed by atoms with Gasteiger partial charge in [0, 0.05) is 30.0 Å². The van der Waals surface area contributed by atoms with Crippen LogP contribution in [0.1, 0.15) is 23.5 Å². The minimum atomic E-state index is -0.0561. The molecule has 0 bridgehead atoms. The van der Waals surface area contributed by atoms with Gasteiger partial charge < -0.3 is 14.8 Å². The number of fused-ring (bicyclic) bond motifs is 1. The third-order valence-corrected chi connectivity index (χ3v) is 5.00. The molecule has 3 aromatic rings. The monoisotopic (exact) mass is 359 g/mol. The molecule has 0 spiro atoms. The lowest BCUT2D eigenvalue weighted by molar-refractivity contribution is -0.116. The van der Waals surface area contributed by atoms with Gasteiger partial charge in [0.25, 0.3) is 0 Å². The first-order valence-electron chi connectivity index (χ1n) is 8.90. The molecule has 0 aromatic heterocycles. The van der Waals surface area contributed by atoms with Gasteiger partial charge in [-0.25, -0.2) is 0 Å². The van der Waals surface area contributed by atoms with E-state index in [0.29, 0.717) is 12.2 Å². The zero-order valence-corrected chi connectivity index (χ0v) is 15.4. The Morgan fingerprint density at radius 3 is 2.26 bits per heavy atom. The molecule has 0 aliphatic carbocycles. The van der Waals surface area contributed by atoms with Crippen LogP contribution in [-0.4, -0.2) is 20.1 Å². The molecular weight excluding hydrogens is 338 g/mol. The number of hydrogen-bond acceptors (Lipinski definition) is 3. The summed E-state index contributed by atoms with van der Waals surface area (Å²) in [5.41, 5.74) is 5.16. The number of anilines is 1. The summed E-state index contributed by atoms with van der Waals surface area (Å²) in [6.45, 7) is 0. The highest BCUT2D eigenvalue weighted by Crippen LogP contribution is 2.45. The van der Waals surface area contributed by atoms with Crippen LogP contribution in [0.4, 0.5) is 5.69 Å². The predicted octanol–water partition coefficient (Wildman–Crippen LogP) is 4.84. The van der Waals surface area contributed by atoms with Crippen LogP contribution in [0.15, 0.2) is 66.7 Å². The van der Waals surface area contributed by atoms with Crippen molar-refractivity contribution in [2.45, 2.75) is 12.3 Å². The van der Waals surface area contributed by atoms with Crippen LogP contribution < -0.4 is 14.8 Å². The van der Waals surface area contributed by atoms with Gasteiger partial charge in [0.1, 0.15) is 11.5 Å². The van der Waals surface area contributed by atoms with E-state index in [1.54, 1.807) is 14.2 Å². The molecule has 4 nitrogen and oxygen atoms in total. The van der Waals surface area contributed by atoms with Gasteiger partial charge in [0.15, 0.2) is 0 Å². The van der Waals surface area contributed by atoms with Crippen molar-refractivity contribution < 1.29 is 14.3 Å². The number of carbonyl (C=O) groups is 1. The van der Waals surface area contributed by atoms with E-state index >= 15 is 0 Å². The Morgan fingerprint density at radius 1 is 0.889 bits per heavy atom. The van der Waals surface area contributed by atoms with Gasteiger partial charge in [0.2, 0.25) is 5.91 Å². The summed E-state index contributed by atoms with van der Waals surface area (Å²) < 4.78 is 10.9. The highest BCUT2D eigenvalue weighted by atomic mass is 16.5. The molecule has 1 atom stereocenters. The standard InChI is InChI=1S/C23H21NO3/c1-26-18-12-20-23(21(13-18)27-2)19(14-22(25)24-20)17-10-8-16(9-11-17)15-6-4-3-5-7-15/h3-13,19H,14H2,1-2H3,(H,24,25)/t19-/m0/s1. The first-order valence-corrected chi connectivity index (χ1v) is 8.90. The van der Waals surface area contributed by atoms with E-state index in [1.807, 2.05) is 30.3 Å². The van der Waals surface area contributed by atoms with Crippen molar-refractivity contribution in [3.8, 4) is 22.6 Å². The summed E-state index contributed by atoms with van der Waals surface area (Å²) in [7, 11) is 3.24. The molecule has 1 heterocycles. The summed E-state index contributed by atoms with van der Waals surface area (Å²) in [4.78, 5) is 12.3. The molecule has 0 fully saturated rings. The molecule has 136 valence electrons. The van der Waals surface area contributed by atoms with Gasteiger partial charge in [-0.2, -0.15) is 0 Å². The highest BCUT2D eigenvalue weighted by Gasteiger charge is 2.30. The molecule has 27 heavy (non-hydrogen) atoms. The van der Waals surface area contributed by atoms with E-state index in [1.165, 1.54) is 5.56 Å². The number of amides is 1. The molecule has 4 rings (SSSR count). The Labute approximate surface area is 158 Å². The van der Waals surface area contributed by atoms with Crippen LogP contribution in [0.2, 0.25) is 0 Å². The van der Waals surface area contributed by atoms with Gasteiger partial charge in [-0.05, 0) is 16.7 Å². The number of carbonyl (C=O) groups excluding carboxylic acids is 1. The van der Waals surface area contributed by atoms with E-state index in [2.05, 4.69) is 41.7 Å². The summed E-state index contributed by atoms with van der Waals surface area (Å²) in [6, 6.07) is 22.4. The second-order valence-electron chi connectivity index (χ2n) is 6.58. The Bertz CT molecular complexity index is 965. The van der Waals surface area contributed by atoms with Gasteiger partial charge in [-0.1, -0.05) is 54.6 Å². The number of methoxy groups -OCH3 is 2. The highest BCUT2D eigenvalue weighted by molar-refractivity contribution is 5.96. The molecule has 1 aliphatic heterocycles. The summed E-state index contributed by atoms with van der Waals surface area (Å²) in [6.07, 6.45) is 0.389. The molecular formula is C23H21NO3. The third kappa shape index (κ3) is 3.26. The molecule has 0 saturated heterocycles. The molecule has 4 heteroatoms.